The number of carbonyl (C=O) groups is 2. The van der Waals surface area contributed by atoms with Crippen molar-refractivity contribution < 1.29 is 9.59 Å². The van der Waals surface area contributed by atoms with E-state index in [0.717, 1.165) is 5.56 Å². The minimum Gasteiger partial charge on any atom is -0.348 e. The molecule has 0 saturated heterocycles. The van der Waals surface area contributed by atoms with Gasteiger partial charge in [0.05, 0.1) is 5.69 Å². The summed E-state index contributed by atoms with van der Waals surface area (Å²) >= 11 is 0. The van der Waals surface area contributed by atoms with Gasteiger partial charge in [-0.05, 0) is 30.7 Å². The first-order valence-corrected chi connectivity index (χ1v) is 5.51. The number of hydrogen-bond acceptors (Lipinski definition) is 3. The molecular weight excluding hydrogens is 230 g/mol. The van der Waals surface area contributed by atoms with Crippen molar-refractivity contribution in [2.45, 2.75) is 13.8 Å². The van der Waals surface area contributed by atoms with Crippen molar-refractivity contribution in [1.82, 2.24) is 9.97 Å². The highest BCUT2D eigenvalue weighted by atomic mass is 16.2. The number of aryl methyl sites for hydroxylation is 1. The molecule has 0 aliphatic heterocycles. The number of anilines is 1. The molecule has 5 nitrogen and oxygen atoms in total. The zero-order chi connectivity index (χ0) is 13.1. The molecule has 2 heterocycles. The summed E-state index contributed by atoms with van der Waals surface area (Å²) in [6.07, 6.45) is 1.61. The Bertz CT molecular complexity index is 602. The van der Waals surface area contributed by atoms with Crippen molar-refractivity contribution in [3.63, 3.8) is 0 Å². The van der Waals surface area contributed by atoms with Gasteiger partial charge in [-0.3, -0.25) is 9.59 Å². The summed E-state index contributed by atoms with van der Waals surface area (Å²) < 4.78 is 0. The Hall–Kier alpha value is -2.43. The molecule has 5 heteroatoms. The number of rotatable bonds is 3. The second-order valence-corrected chi connectivity index (χ2v) is 3.96. The molecule has 2 rings (SSSR count). The van der Waals surface area contributed by atoms with Crippen LogP contribution in [0.3, 0.4) is 0 Å². The molecule has 2 N–H and O–H groups in total. The van der Waals surface area contributed by atoms with Gasteiger partial charge in [0.15, 0.2) is 5.78 Å². The van der Waals surface area contributed by atoms with Gasteiger partial charge in [0.2, 0.25) is 0 Å². The van der Waals surface area contributed by atoms with Crippen LogP contribution in [0, 0.1) is 6.92 Å². The monoisotopic (exact) mass is 243 g/mol. The Kier molecular flexibility index (Phi) is 3.23. The van der Waals surface area contributed by atoms with Gasteiger partial charge in [-0.2, -0.15) is 0 Å². The number of nitrogens with zero attached hydrogens (tertiary/aromatic N) is 1. The van der Waals surface area contributed by atoms with Crippen LogP contribution in [-0.2, 0) is 0 Å². The maximum atomic E-state index is 11.9. The number of H-pyrrole nitrogens is 1. The van der Waals surface area contributed by atoms with Crippen LogP contribution < -0.4 is 5.32 Å². The van der Waals surface area contributed by atoms with Crippen molar-refractivity contribution >= 4 is 17.5 Å². The van der Waals surface area contributed by atoms with E-state index < -0.39 is 0 Å². The van der Waals surface area contributed by atoms with Gasteiger partial charge in [-0.25, -0.2) is 4.98 Å². The van der Waals surface area contributed by atoms with E-state index in [2.05, 4.69) is 15.3 Å². The number of Topliss-reactive ketones (excluding diaryl/α,β-unsaturated/α-hetero) is 1. The normalized spacial score (nSPS) is 10.1. The Morgan fingerprint density at radius 1 is 1.22 bits per heavy atom. The minimum absolute atomic E-state index is 0.108. The Morgan fingerprint density at radius 2 is 1.94 bits per heavy atom. The van der Waals surface area contributed by atoms with Crippen LogP contribution in [-0.4, -0.2) is 21.7 Å². The van der Waals surface area contributed by atoms with Crippen molar-refractivity contribution in [2.24, 2.45) is 0 Å². The van der Waals surface area contributed by atoms with Crippen LogP contribution in [0.1, 0.15) is 33.5 Å². The maximum Gasteiger partial charge on any atom is 0.273 e. The van der Waals surface area contributed by atoms with Gasteiger partial charge >= 0.3 is 0 Å². The highest BCUT2D eigenvalue weighted by Crippen LogP contribution is 2.11. The standard InChI is InChI=1S/C13H13N3O2/c1-8-4-3-7-14-12(8)16-13(18)11-6-5-10(15-11)9(2)17/h3-7,15H,1-2H3,(H,14,16,18). The number of amides is 1. The molecule has 2 aromatic heterocycles. The average Bonchev–Trinajstić information content (AvgIpc) is 2.81. The molecular formula is C13H13N3O2. The summed E-state index contributed by atoms with van der Waals surface area (Å²) in [6.45, 7) is 3.30. The van der Waals surface area contributed by atoms with Crippen LogP contribution in [0.15, 0.2) is 30.5 Å². The molecule has 0 aliphatic rings. The summed E-state index contributed by atoms with van der Waals surface area (Å²) in [6, 6.07) is 6.82. The molecule has 0 saturated carbocycles. The average molecular weight is 243 g/mol. The van der Waals surface area contributed by atoms with Gasteiger partial charge in [-0.15, -0.1) is 0 Å². The van der Waals surface area contributed by atoms with Gasteiger partial charge in [0.25, 0.3) is 5.91 Å². The Balaban J connectivity index is 2.17. The molecule has 0 aliphatic carbocycles. The molecule has 1 amide bonds. The van der Waals surface area contributed by atoms with Crippen molar-refractivity contribution in [3.8, 4) is 0 Å². The van der Waals surface area contributed by atoms with Crippen LogP contribution in [0.2, 0.25) is 0 Å². The molecule has 92 valence electrons. The van der Waals surface area contributed by atoms with E-state index in [4.69, 9.17) is 0 Å². The summed E-state index contributed by atoms with van der Waals surface area (Å²) in [7, 11) is 0. The first-order valence-electron chi connectivity index (χ1n) is 5.51. The predicted molar refractivity (Wildman–Crippen MR) is 67.7 cm³/mol. The largest absolute Gasteiger partial charge is 0.348 e. The summed E-state index contributed by atoms with van der Waals surface area (Å²) in [5.74, 6) is 0.0915. The number of pyridine rings is 1. The number of ketones is 1. The van der Waals surface area contributed by atoms with Crippen LogP contribution in [0.25, 0.3) is 0 Å². The van der Waals surface area contributed by atoms with Gasteiger partial charge in [0.1, 0.15) is 11.5 Å². The van der Waals surface area contributed by atoms with Gasteiger partial charge in [-0.1, -0.05) is 6.07 Å². The lowest BCUT2D eigenvalue weighted by atomic mass is 10.3. The minimum atomic E-state index is -0.315. The first kappa shape index (κ1) is 12.0. The highest BCUT2D eigenvalue weighted by molar-refractivity contribution is 6.04. The second kappa shape index (κ2) is 4.83. The Labute approximate surface area is 104 Å². The molecule has 0 unspecified atom stereocenters. The third-order valence-electron chi connectivity index (χ3n) is 2.55. The summed E-state index contributed by atoms with van der Waals surface area (Å²) in [4.78, 5) is 29.9. The predicted octanol–water partition coefficient (Wildman–Crippen LogP) is 2.17. The van der Waals surface area contributed by atoms with Gasteiger partial charge < -0.3 is 10.3 Å². The molecule has 0 fully saturated rings. The molecule has 18 heavy (non-hydrogen) atoms. The summed E-state index contributed by atoms with van der Waals surface area (Å²) in [5.41, 5.74) is 1.63. The molecule has 0 aromatic carbocycles. The van der Waals surface area contributed by atoms with Crippen molar-refractivity contribution in [1.29, 1.82) is 0 Å². The first-order chi connectivity index (χ1) is 8.58. The van der Waals surface area contributed by atoms with Crippen molar-refractivity contribution in [2.75, 3.05) is 5.32 Å². The lowest BCUT2D eigenvalue weighted by molar-refractivity contribution is 0.101. The smallest absolute Gasteiger partial charge is 0.273 e. The van der Waals surface area contributed by atoms with E-state index in [0.29, 0.717) is 17.2 Å². The topological polar surface area (TPSA) is 74.8 Å². The van der Waals surface area contributed by atoms with E-state index >= 15 is 0 Å². The fourth-order valence-corrected chi connectivity index (χ4v) is 1.52. The lowest BCUT2D eigenvalue weighted by Gasteiger charge is -2.05. The van der Waals surface area contributed by atoms with Gasteiger partial charge in [0, 0.05) is 13.1 Å². The zero-order valence-electron chi connectivity index (χ0n) is 10.2. The molecule has 2 aromatic rings. The second-order valence-electron chi connectivity index (χ2n) is 3.96. The van der Waals surface area contributed by atoms with E-state index in [1.54, 1.807) is 24.4 Å². The molecule has 0 bridgehead atoms. The third kappa shape index (κ3) is 2.45. The third-order valence-corrected chi connectivity index (χ3v) is 2.55. The van der Waals surface area contributed by atoms with E-state index in [1.165, 1.54) is 6.92 Å². The quantitative estimate of drug-likeness (QED) is 0.811. The fourth-order valence-electron chi connectivity index (χ4n) is 1.52. The molecule has 0 radical (unpaired) electrons. The van der Waals surface area contributed by atoms with Crippen LogP contribution >= 0.6 is 0 Å². The number of aromatic amines is 1. The van der Waals surface area contributed by atoms with E-state index in [1.807, 2.05) is 13.0 Å². The van der Waals surface area contributed by atoms with E-state index in [9.17, 15) is 9.59 Å². The fraction of sp³-hybridized carbons (Fsp3) is 0.154. The number of carbonyl (C=O) groups excluding carboxylic acids is 2. The maximum absolute atomic E-state index is 11.9. The van der Waals surface area contributed by atoms with E-state index in [-0.39, 0.29) is 11.7 Å². The molecule has 0 spiro atoms. The zero-order valence-corrected chi connectivity index (χ0v) is 10.2. The highest BCUT2D eigenvalue weighted by Gasteiger charge is 2.11. The SMILES string of the molecule is CC(=O)c1ccc(C(=O)Nc2ncccc2C)[nH]1. The Morgan fingerprint density at radius 3 is 2.56 bits per heavy atom. The van der Waals surface area contributed by atoms with Crippen LogP contribution in [0.5, 0.6) is 0 Å². The lowest BCUT2D eigenvalue weighted by Crippen LogP contribution is -2.14. The molecule has 0 atom stereocenters. The number of hydrogen-bond donors (Lipinski definition) is 2. The number of nitrogens with one attached hydrogen (secondary N) is 2. The number of aromatic nitrogens is 2. The van der Waals surface area contributed by atoms with Crippen molar-refractivity contribution in [3.05, 3.63) is 47.4 Å². The van der Waals surface area contributed by atoms with Crippen LogP contribution in [0.4, 0.5) is 5.82 Å². The summed E-state index contributed by atoms with van der Waals surface area (Å²) in [5, 5.41) is 2.69.